The molecular weight excluding hydrogens is 485 g/mol. The molecule has 7 nitrogen and oxygen atoms in total. The van der Waals surface area contributed by atoms with Gasteiger partial charge in [-0.2, -0.15) is 0 Å². The van der Waals surface area contributed by atoms with Gasteiger partial charge in [0.05, 0.1) is 22.7 Å². The third kappa shape index (κ3) is 5.03. The highest BCUT2D eigenvalue weighted by Crippen LogP contribution is 2.39. The van der Waals surface area contributed by atoms with Crippen molar-refractivity contribution in [2.45, 2.75) is 24.5 Å². The second kappa shape index (κ2) is 9.76. The van der Waals surface area contributed by atoms with Crippen LogP contribution in [0.3, 0.4) is 0 Å². The van der Waals surface area contributed by atoms with Gasteiger partial charge in [0.15, 0.2) is 17.0 Å². The first-order valence-electron chi connectivity index (χ1n) is 10.1. The molecule has 170 valence electrons. The SMILES string of the molecule is OC1CSSC1Cn1cnc2c(Nc3ccc(OCc4cccc(F)c4)c(Cl)c3)ncnc21. The number of aromatic nitrogens is 4. The molecule has 3 heterocycles. The van der Waals surface area contributed by atoms with E-state index in [-0.39, 0.29) is 23.8 Å². The lowest BCUT2D eigenvalue weighted by Gasteiger charge is -2.13. The van der Waals surface area contributed by atoms with Crippen LogP contribution >= 0.6 is 33.2 Å². The number of hydrogen-bond donors (Lipinski definition) is 2. The Morgan fingerprint density at radius 1 is 1.21 bits per heavy atom. The number of nitrogens with zero attached hydrogens (tertiary/aromatic N) is 4. The summed E-state index contributed by atoms with van der Waals surface area (Å²) in [7, 11) is 3.36. The Morgan fingerprint density at radius 3 is 2.91 bits per heavy atom. The highest BCUT2D eigenvalue weighted by Gasteiger charge is 2.28. The predicted octanol–water partition coefficient (Wildman–Crippen LogP) is 5.07. The van der Waals surface area contributed by atoms with Gasteiger partial charge in [0.1, 0.15) is 24.5 Å². The van der Waals surface area contributed by atoms with E-state index in [0.717, 1.165) is 5.75 Å². The van der Waals surface area contributed by atoms with Crippen LogP contribution < -0.4 is 10.1 Å². The number of imidazole rings is 1. The fraction of sp³-hybridized carbons (Fsp3) is 0.227. The first-order valence-corrected chi connectivity index (χ1v) is 12.9. The molecule has 2 N–H and O–H groups in total. The average molecular weight is 504 g/mol. The Kier molecular flexibility index (Phi) is 6.59. The maximum Gasteiger partial charge on any atom is 0.165 e. The van der Waals surface area contributed by atoms with Gasteiger partial charge in [-0.25, -0.2) is 19.3 Å². The van der Waals surface area contributed by atoms with Crippen LogP contribution in [-0.2, 0) is 13.2 Å². The van der Waals surface area contributed by atoms with Crippen LogP contribution in [0.2, 0.25) is 5.02 Å². The molecule has 4 aromatic rings. The van der Waals surface area contributed by atoms with Crippen molar-refractivity contribution in [2.75, 3.05) is 11.1 Å². The number of anilines is 2. The third-order valence-electron chi connectivity index (χ3n) is 5.12. The summed E-state index contributed by atoms with van der Waals surface area (Å²) in [4.78, 5) is 13.2. The van der Waals surface area contributed by atoms with Crippen molar-refractivity contribution < 1.29 is 14.2 Å². The second-order valence-electron chi connectivity index (χ2n) is 7.47. The van der Waals surface area contributed by atoms with E-state index in [9.17, 15) is 9.50 Å². The fourth-order valence-electron chi connectivity index (χ4n) is 3.44. The van der Waals surface area contributed by atoms with Gasteiger partial charge in [0.2, 0.25) is 0 Å². The lowest BCUT2D eigenvalue weighted by atomic mass is 10.2. The number of ether oxygens (including phenoxy) is 1. The smallest absolute Gasteiger partial charge is 0.165 e. The van der Waals surface area contributed by atoms with Gasteiger partial charge in [-0.05, 0) is 35.9 Å². The number of rotatable bonds is 7. The molecule has 2 aromatic heterocycles. The van der Waals surface area contributed by atoms with Crippen molar-refractivity contribution in [3.05, 3.63) is 71.5 Å². The first-order chi connectivity index (χ1) is 16.1. The molecule has 2 unspecified atom stereocenters. The number of halogens is 2. The predicted molar refractivity (Wildman–Crippen MR) is 131 cm³/mol. The maximum absolute atomic E-state index is 13.3. The van der Waals surface area contributed by atoms with Gasteiger partial charge in [-0.15, -0.1) is 0 Å². The van der Waals surface area contributed by atoms with Crippen molar-refractivity contribution in [3.63, 3.8) is 0 Å². The number of nitrogens with one attached hydrogen (secondary N) is 1. The molecule has 0 radical (unpaired) electrons. The monoisotopic (exact) mass is 503 g/mol. The van der Waals surface area contributed by atoms with E-state index < -0.39 is 0 Å². The summed E-state index contributed by atoms with van der Waals surface area (Å²) in [6, 6.07) is 11.5. The van der Waals surface area contributed by atoms with Crippen LogP contribution in [0, 0.1) is 5.82 Å². The van der Waals surface area contributed by atoms with E-state index in [0.29, 0.717) is 45.5 Å². The Labute approximate surface area is 202 Å². The lowest BCUT2D eigenvalue weighted by Crippen LogP contribution is -2.24. The van der Waals surface area contributed by atoms with Gasteiger partial charge in [0, 0.05) is 18.0 Å². The molecule has 1 aliphatic rings. The largest absolute Gasteiger partial charge is 0.487 e. The minimum atomic E-state index is -0.347. The minimum Gasteiger partial charge on any atom is -0.487 e. The normalized spacial score (nSPS) is 18.0. The minimum absolute atomic E-state index is 0.0949. The van der Waals surface area contributed by atoms with Crippen molar-refractivity contribution >= 4 is 55.9 Å². The van der Waals surface area contributed by atoms with Gasteiger partial charge in [-0.3, -0.25) is 0 Å². The van der Waals surface area contributed by atoms with Crippen molar-refractivity contribution in [1.82, 2.24) is 19.5 Å². The summed E-state index contributed by atoms with van der Waals surface area (Å²) in [6.07, 6.45) is 2.85. The molecule has 1 fully saturated rings. The fourth-order valence-corrected chi connectivity index (χ4v) is 6.61. The summed E-state index contributed by atoms with van der Waals surface area (Å²) >= 11 is 6.40. The number of aliphatic hydroxyl groups excluding tert-OH is 1. The summed E-state index contributed by atoms with van der Waals surface area (Å²) in [6.45, 7) is 0.829. The molecule has 11 heteroatoms. The van der Waals surface area contributed by atoms with E-state index in [1.165, 1.54) is 18.5 Å². The highest BCUT2D eigenvalue weighted by molar-refractivity contribution is 8.77. The van der Waals surface area contributed by atoms with E-state index >= 15 is 0 Å². The molecule has 0 aliphatic carbocycles. The van der Waals surface area contributed by atoms with Crippen LogP contribution in [0.1, 0.15) is 5.56 Å². The van der Waals surface area contributed by atoms with Crippen LogP contribution in [0.15, 0.2) is 55.1 Å². The van der Waals surface area contributed by atoms with Crippen LogP contribution in [0.5, 0.6) is 5.75 Å². The zero-order valence-corrected chi connectivity index (χ0v) is 19.6. The van der Waals surface area contributed by atoms with E-state index in [4.69, 9.17) is 16.3 Å². The van der Waals surface area contributed by atoms with E-state index in [2.05, 4.69) is 20.3 Å². The second-order valence-corrected chi connectivity index (χ2v) is 10.5. The molecule has 33 heavy (non-hydrogen) atoms. The van der Waals surface area contributed by atoms with E-state index in [1.807, 2.05) is 10.6 Å². The van der Waals surface area contributed by atoms with Crippen LogP contribution in [-0.4, -0.2) is 41.7 Å². The average Bonchev–Trinajstić information content (AvgIpc) is 3.40. The van der Waals surface area contributed by atoms with Crippen molar-refractivity contribution in [2.24, 2.45) is 0 Å². The third-order valence-corrected chi connectivity index (χ3v) is 8.29. The zero-order chi connectivity index (χ0) is 22.8. The van der Waals surface area contributed by atoms with Gasteiger partial charge >= 0.3 is 0 Å². The zero-order valence-electron chi connectivity index (χ0n) is 17.2. The van der Waals surface area contributed by atoms with Crippen molar-refractivity contribution in [3.8, 4) is 5.75 Å². The molecule has 0 spiro atoms. The summed E-state index contributed by atoms with van der Waals surface area (Å²) < 4.78 is 21.0. The summed E-state index contributed by atoms with van der Waals surface area (Å²) in [5, 5.41) is 13.9. The molecular formula is C22H19ClFN5O2S2. The highest BCUT2D eigenvalue weighted by atomic mass is 35.5. The molecule has 0 bridgehead atoms. The molecule has 1 saturated heterocycles. The van der Waals surface area contributed by atoms with Crippen LogP contribution in [0.4, 0.5) is 15.9 Å². The van der Waals surface area contributed by atoms with Crippen molar-refractivity contribution in [1.29, 1.82) is 0 Å². The molecule has 5 rings (SSSR count). The number of benzene rings is 2. The standard InChI is InChI=1S/C22H19ClFN5O2S2/c23-16-7-15(4-5-18(16)31-9-13-2-1-3-14(24)6-13)28-21-20-22(26-11-25-21)29(12-27-20)8-19-17(30)10-32-33-19/h1-7,11-12,17,19,30H,8-10H2,(H,25,26,28). The molecule has 2 atom stereocenters. The maximum atomic E-state index is 13.3. The number of hydrogen-bond acceptors (Lipinski definition) is 8. The van der Waals surface area contributed by atoms with E-state index in [1.54, 1.807) is 52.2 Å². The Hall–Kier alpha value is -2.53. The quantitative estimate of drug-likeness (QED) is 0.338. The summed E-state index contributed by atoms with van der Waals surface area (Å²) in [5.74, 6) is 1.47. The molecule has 2 aromatic carbocycles. The van der Waals surface area contributed by atoms with Gasteiger partial charge in [0.25, 0.3) is 0 Å². The van der Waals surface area contributed by atoms with Gasteiger partial charge in [-0.1, -0.05) is 45.3 Å². The topological polar surface area (TPSA) is 85.1 Å². The Balaban J connectivity index is 1.30. The molecule has 1 aliphatic heterocycles. The number of fused-ring (bicyclic) bond motifs is 1. The molecule has 0 amide bonds. The lowest BCUT2D eigenvalue weighted by molar-refractivity contribution is 0.192. The first kappa shape index (κ1) is 22.3. The Morgan fingerprint density at radius 2 is 2.12 bits per heavy atom. The van der Waals surface area contributed by atoms with Crippen LogP contribution in [0.25, 0.3) is 11.2 Å². The Bertz CT molecular complexity index is 1290. The number of aliphatic hydroxyl groups is 1. The molecule has 0 saturated carbocycles. The summed E-state index contributed by atoms with van der Waals surface area (Å²) in [5.41, 5.74) is 2.75. The van der Waals surface area contributed by atoms with Gasteiger partial charge < -0.3 is 19.7 Å².